The molecule has 0 aliphatic heterocycles. The molecule has 3 heteroatoms. The summed E-state index contributed by atoms with van der Waals surface area (Å²) in [6.07, 6.45) is 5.77. The van der Waals surface area contributed by atoms with E-state index in [1.54, 1.807) is 6.20 Å². The van der Waals surface area contributed by atoms with E-state index < -0.39 is 5.41 Å². The van der Waals surface area contributed by atoms with Crippen LogP contribution in [0.15, 0.2) is 36.5 Å². The van der Waals surface area contributed by atoms with Gasteiger partial charge in [0.25, 0.3) is 0 Å². The molecular weight excluding hydrogens is 246 g/mol. The number of hydrogen-bond acceptors (Lipinski definition) is 3. The number of aryl methyl sites for hydroxylation is 1. The molecule has 20 heavy (non-hydrogen) atoms. The molecule has 3 nitrogen and oxygen atoms in total. The van der Waals surface area contributed by atoms with Gasteiger partial charge in [-0.1, -0.05) is 37.6 Å². The van der Waals surface area contributed by atoms with Crippen molar-refractivity contribution in [3.8, 4) is 17.3 Å². The Morgan fingerprint density at radius 3 is 2.55 bits per heavy atom. The maximum absolute atomic E-state index is 9.24. The Labute approximate surface area is 119 Å². The van der Waals surface area contributed by atoms with E-state index in [1.807, 2.05) is 6.07 Å². The molecule has 1 aliphatic carbocycles. The minimum absolute atomic E-state index is 0.418. The number of benzene rings is 1. The molecule has 3 rings (SSSR count). The van der Waals surface area contributed by atoms with Gasteiger partial charge in [0.15, 0.2) is 0 Å². The second-order valence-corrected chi connectivity index (χ2v) is 5.41. The van der Waals surface area contributed by atoms with Crippen molar-refractivity contribution in [2.45, 2.75) is 38.0 Å². The summed E-state index contributed by atoms with van der Waals surface area (Å²) >= 11 is 0. The highest BCUT2D eigenvalue weighted by Crippen LogP contribution is 2.45. The summed E-state index contributed by atoms with van der Waals surface area (Å²) in [6, 6.07) is 12.8. The first-order valence-electron chi connectivity index (χ1n) is 7.11. The van der Waals surface area contributed by atoms with Crippen LogP contribution in [0.5, 0.6) is 0 Å². The maximum Gasteiger partial charge on any atom is 0.149 e. The molecule has 1 heterocycles. The van der Waals surface area contributed by atoms with Crippen molar-refractivity contribution in [1.82, 2.24) is 9.97 Å². The van der Waals surface area contributed by atoms with Crippen molar-refractivity contribution >= 4 is 0 Å². The first kappa shape index (κ1) is 12.8. The van der Waals surface area contributed by atoms with Crippen LogP contribution in [0, 0.1) is 11.3 Å². The minimum Gasteiger partial charge on any atom is -0.240 e. The Kier molecular flexibility index (Phi) is 3.23. The largest absolute Gasteiger partial charge is 0.240 e. The number of rotatable bonds is 4. The first-order valence-corrected chi connectivity index (χ1v) is 7.11. The van der Waals surface area contributed by atoms with Gasteiger partial charge < -0.3 is 0 Å². The number of nitrogens with zero attached hydrogens (tertiary/aromatic N) is 3. The molecule has 0 bridgehead atoms. The van der Waals surface area contributed by atoms with Crippen LogP contribution in [-0.2, 0) is 11.8 Å². The normalized spacial score (nSPS) is 15.6. The number of hydrogen-bond donors (Lipinski definition) is 0. The van der Waals surface area contributed by atoms with Crippen LogP contribution in [0.25, 0.3) is 11.3 Å². The van der Waals surface area contributed by atoms with E-state index in [2.05, 4.69) is 47.2 Å². The summed E-state index contributed by atoms with van der Waals surface area (Å²) in [5.41, 5.74) is 2.92. The number of nitriles is 1. The summed E-state index contributed by atoms with van der Waals surface area (Å²) in [7, 11) is 0. The fraction of sp³-hybridized carbons (Fsp3) is 0.353. The van der Waals surface area contributed by atoms with E-state index in [4.69, 9.17) is 0 Å². The molecule has 1 aromatic carbocycles. The van der Waals surface area contributed by atoms with Crippen LogP contribution in [0.3, 0.4) is 0 Å². The van der Waals surface area contributed by atoms with Crippen molar-refractivity contribution in [2.24, 2.45) is 0 Å². The zero-order valence-corrected chi connectivity index (χ0v) is 11.6. The Morgan fingerprint density at radius 1 is 1.20 bits per heavy atom. The molecule has 1 fully saturated rings. The maximum atomic E-state index is 9.24. The van der Waals surface area contributed by atoms with Gasteiger partial charge in [0.1, 0.15) is 11.2 Å². The monoisotopic (exact) mass is 263 g/mol. The average Bonchev–Trinajstić information content (AvgIpc) is 3.30. The van der Waals surface area contributed by atoms with E-state index in [1.165, 1.54) is 5.56 Å². The van der Waals surface area contributed by atoms with E-state index >= 15 is 0 Å². The fourth-order valence-corrected chi connectivity index (χ4v) is 2.39. The zero-order valence-electron chi connectivity index (χ0n) is 11.6. The summed E-state index contributed by atoms with van der Waals surface area (Å²) in [6.45, 7) is 2.18. The van der Waals surface area contributed by atoms with E-state index in [0.29, 0.717) is 5.82 Å². The van der Waals surface area contributed by atoms with Gasteiger partial charge in [-0.05, 0) is 30.9 Å². The molecule has 0 spiro atoms. The highest BCUT2D eigenvalue weighted by atomic mass is 14.9. The zero-order chi connectivity index (χ0) is 14.0. The van der Waals surface area contributed by atoms with Crippen molar-refractivity contribution in [3.63, 3.8) is 0 Å². The molecule has 1 aromatic heterocycles. The van der Waals surface area contributed by atoms with Gasteiger partial charge in [0.2, 0.25) is 0 Å². The molecule has 0 amide bonds. The topological polar surface area (TPSA) is 49.6 Å². The van der Waals surface area contributed by atoms with Gasteiger partial charge in [-0.15, -0.1) is 0 Å². The van der Waals surface area contributed by atoms with Crippen LogP contribution >= 0.6 is 0 Å². The van der Waals surface area contributed by atoms with Crippen LogP contribution < -0.4 is 0 Å². The molecule has 0 saturated heterocycles. The lowest BCUT2D eigenvalue weighted by molar-refractivity contribution is 0.799. The molecule has 1 aliphatic rings. The van der Waals surface area contributed by atoms with Crippen LogP contribution in [0.1, 0.15) is 37.6 Å². The molecule has 0 N–H and O–H groups in total. The van der Waals surface area contributed by atoms with E-state index in [-0.39, 0.29) is 0 Å². The summed E-state index contributed by atoms with van der Waals surface area (Å²) in [4.78, 5) is 8.87. The quantitative estimate of drug-likeness (QED) is 0.846. The van der Waals surface area contributed by atoms with Gasteiger partial charge in [-0.2, -0.15) is 5.26 Å². The fourth-order valence-electron chi connectivity index (χ4n) is 2.39. The average molecular weight is 263 g/mol. The highest BCUT2D eigenvalue weighted by Gasteiger charge is 2.47. The SMILES string of the molecule is CCCc1ccc(-c2ccnc(C3(C#N)CC3)n2)cc1. The summed E-state index contributed by atoms with van der Waals surface area (Å²) in [5.74, 6) is 0.676. The van der Waals surface area contributed by atoms with Crippen LogP contribution in [0.2, 0.25) is 0 Å². The van der Waals surface area contributed by atoms with E-state index in [9.17, 15) is 5.26 Å². The Balaban J connectivity index is 1.91. The molecule has 100 valence electrons. The van der Waals surface area contributed by atoms with Gasteiger partial charge in [0.05, 0.1) is 11.8 Å². The van der Waals surface area contributed by atoms with Gasteiger partial charge in [0, 0.05) is 11.8 Å². The lowest BCUT2D eigenvalue weighted by Crippen LogP contribution is -2.09. The minimum atomic E-state index is -0.418. The Morgan fingerprint density at radius 2 is 1.95 bits per heavy atom. The predicted molar refractivity (Wildman–Crippen MR) is 78.0 cm³/mol. The predicted octanol–water partition coefficient (Wildman–Crippen LogP) is 3.65. The molecule has 1 saturated carbocycles. The molecule has 0 atom stereocenters. The third-order valence-corrected chi connectivity index (χ3v) is 3.84. The number of aromatic nitrogens is 2. The molecule has 0 unspecified atom stereocenters. The smallest absolute Gasteiger partial charge is 0.149 e. The van der Waals surface area contributed by atoms with Crippen LogP contribution in [0.4, 0.5) is 0 Å². The van der Waals surface area contributed by atoms with Gasteiger partial charge in [-0.3, -0.25) is 0 Å². The van der Waals surface area contributed by atoms with Crippen molar-refractivity contribution < 1.29 is 0 Å². The van der Waals surface area contributed by atoms with Gasteiger partial charge >= 0.3 is 0 Å². The third kappa shape index (κ3) is 2.30. The Hall–Kier alpha value is -2.21. The second kappa shape index (κ2) is 5.05. The Bertz CT molecular complexity index is 649. The van der Waals surface area contributed by atoms with Crippen molar-refractivity contribution in [3.05, 3.63) is 47.9 Å². The highest BCUT2D eigenvalue weighted by molar-refractivity contribution is 5.59. The van der Waals surface area contributed by atoms with Crippen LogP contribution in [-0.4, -0.2) is 9.97 Å². The van der Waals surface area contributed by atoms with Crippen molar-refractivity contribution in [2.75, 3.05) is 0 Å². The summed E-state index contributed by atoms with van der Waals surface area (Å²) < 4.78 is 0. The molecule has 2 aromatic rings. The van der Waals surface area contributed by atoms with Gasteiger partial charge in [-0.25, -0.2) is 9.97 Å². The molecular formula is C17H17N3. The summed E-state index contributed by atoms with van der Waals surface area (Å²) in [5, 5.41) is 9.24. The molecule has 0 radical (unpaired) electrons. The second-order valence-electron chi connectivity index (χ2n) is 5.41. The van der Waals surface area contributed by atoms with Crippen molar-refractivity contribution in [1.29, 1.82) is 5.26 Å². The lowest BCUT2D eigenvalue weighted by atomic mass is 10.0. The first-order chi connectivity index (χ1) is 9.77. The van der Waals surface area contributed by atoms with E-state index in [0.717, 1.165) is 36.9 Å². The standard InChI is InChI=1S/C17H17N3/c1-2-3-13-4-6-14(7-5-13)15-8-11-19-16(20-15)17(12-18)9-10-17/h4-8,11H,2-3,9-10H2,1H3. The third-order valence-electron chi connectivity index (χ3n) is 3.84. The lowest BCUT2D eigenvalue weighted by Gasteiger charge is -2.07.